The fraction of sp³-hybridized carbons (Fsp3) is 0.318. The van der Waals surface area contributed by atoms with E-state index in [-0.39, 0.29) is 36.1 Å². The second kappa shape index (κ2) is 8.43. The van der Waals surface area contributed by atoms with E-state index in [9.17, 15) is 9.18 Å². The van der Waals surface area contributed by atoms with Gasteiger partial charge >= 0.3 is 0 Å². The summed E-state index contributed by atoms with van der Waals surface area (Å²) >= 11 is 0. The summed E-state index contributed by atoms with van der Waals surface area (Å²) in [6.07, 6.45) is 4.32. The van der Waals surface area contributed by atoms with Crippen LogP contribution in [0.2, 0.25) is 0 Å². The first-order valence-corrected chi connectivity index (χ1v) is 9.72. The van der Waals surface area contributed by atoms with Crippen LogP contribution in [-0.4, -0.2) is 22.1 Å². The summed E-state index contributed by atoms with van der Waals surface area (Å²) in [5.41, 5.74) is 1.55. The van der Waals surface area contributed by atoms with Crippen molar-refractivity contribution in [2.45, 2.75) is 45.3 Å². The molecule has 1 aromatic heterocycles. The van der Waals surface area contributed by atoms with Crippen molar-refractivity contribution in [2.75, 3.05) is 0 Å². The molecule has 0 aliphatic heterocycles. The van der Waals surface area contributed by atoms with Crippen molar-refractivity contribution in [3.63, 3.8) is 0 Å². The number of hydrogen-bond acceptors (Lipinski definition) is 5. The third-order valence-corrected chi connectivity index (χ3v) is 5.07. The highest BCUT2D eigenvalue weighted by atomic mass is 19.1. The summed E-state index contributed by atoms with van der Waals surface area (Å²) in [4.78, 5) is 16.9. The number of nitrogens with zero attached hydrogens (tertiary/aromatic N) is 2. The Bertz CT molecular complexity index is 1010. The first-order chi connectivity index (χ1) is 14.1. The van der Waals surface area contributed by atoms with Gasteiger partial charge in [-0.15, -0.1) is 0 Å². The van der Waals surface area contributed by atoms with E-state index in [4.69, 9.17) is 9.26 Å². The van der Waals surface area contributed by atoms with Crippen LogP contribution >= 0.6 is 0 Å². The molecule has 0 bridgehead atoms. The monoisotopic (exact) mass is 395 g/mol. The lowest BCUT2D eigenvalue weighted by Gasteiger charge is -2.14. The van der Waals surface area contributed by atoms with Gasteiger partial charge < -0.3 is 14.6 Å². The number of hydrogen-bond donors (Lipinski definition) is 1. The third-order valence-electron chi connectivity index (χ3n) is 5.07. The Hall–Kier alpha value is -3.22. The number of carbonyl (C=O) groups excluding carboxylic acids is 1. The Balaban J connectivity index is 1.43. The van der Waals surface area contributed by atoms with Crippen LogP contribution in [0.3, 0.4) is 0 Å². The van der Waals surface area contributed by atoms with Crippen molar-refractivity contribution in [1.82, 2.24) is 15.5 Å². The van der Waals surface area contributed by atoms with Gasteiger partial charge in [0.05, 0.1) is 5.56 Å². The molecular weight excluding hydrogens is 373 g/mol. The van der Waals surface area contributed by atoms with Crippen LogP contribution in [0.15, 0.2) is 47.0 Å². The van der Waals surface area contributed by atoms with Crippen LogP contribution in [-0.2, 0) is 6.61 Å². The number of aromatic nitrogens is 2. The number of benzene rings is 2. The van der Waals surface area contributed by atoms with Crippen molar-refractivity contribution in [1.29, 1.82) is 0 Å². The topological polar surface area (TPSA) is 77.2 Å². The van der Waals surface area contributed by atoms with E-state index in [1.54, 1.807) is 43.3 Å². The van der Waals surface area contributed by atoms with E-state index >= 15 is 0 Å². The minimum atomic E-state index is -0.327. The molecule has 4 rings (SSSR count). The summed E-state index contributed by atoms with van der Waals surface area (Å²) < 4.78 is 24.7. The predicted octanol–water partition coefficient (Wildman–Crippen LogP) is 4.44. The number of amides is 1. The highest BCUT2D eigenvalue weighted by molar-refractivity contribution is 5.97. The molecule has 1 fully saturated rings. The average molecular weight is 395 g/mol. The van der Waals surface area contributed by atoms with Crippen LogP contribution in [0.25, 0.3) is 11.4 Å². The lowest BCUT2D eigenvalue weighted by atomic mass is 10.1. The van der Waals surface area contributed by atoms with Crippen LogP contribution in [0.5, 0.6) is 5.75 Å². The van der Waals surface area contributed by atoms with Gasteiger partial charge in [-0.25, -0.2) is 4.39 Å². The molecule has 2 aromatic carbocycles. The highest BCUT2D eigenvalue weighted by Crippen LogP contribution is 2.23. The molecule has 29 heavy (non-hydrogen) atoms. The van der Waals surface area contributed by atoms with Gasteiger partial charge in [0, 0.05) is 11.6 Å². The highest BCUT2D eigenvalue weighted by Gasteiger charge is 2.20. The summed E-state index contributed by atoms with van der Waals surface area (Å²) in [6.45, 7) is 1.70. The molecule has 1 amide bonds. The fourth-order valence-corrected chi connectivity index (χ4v) is 3.42. The van der Waals surface area contributed by atoms with Gasteiger partial charge in [0.1, 0.15) is 11.6 Å². The maximum Gasteiger partial charge on any atom is 0.264 e. The van der Waals surface area contributed by atoms with Crippen LogP contribution in [0, 0.1) is 12.7 Å². The van der Waals surface area contributed by atoms with Gasteiger partial charge in [-0.2, -0.15) is 4.98 Å². The number of ether oxygens (including phenoxy) is 1. The molecular formula is C22H22FN3O3. The quantitative estimate of drug-likeness (QED) is 0.668. The Morgan fingerprint density at radius 1 is 1.24 bits per heavy atom. The molecule has 1 aliphatic carbocycles. The van der Waals surface area contributed by atoms with Crippen LogP contribution in [0.4, 0.5) is 4.39 Å². The number of nitrogens with one attached hydrogen (secondary N) is 1. The molecule has 3 aromatic rings. The van der Waals surface area contributed by atoms with Gasteiger partial charge in [-0.3, -0.25) is 4.79 Å². The number of halogens is 1. The van der Waals surface area contributed by atoms with Crippen molar-refractivity contribution >= 4 is 5.91 Å². The largest absolute Gasteiger partial charge is 0.483 e. The molecule has 1 aliphatic rings. The summed E-state index contributed by atoms with van der Waals surface area (Å²) in [7, 11) is 0. The Labute approximate surface area is 168 Å². The van der Waals surface area contributed by atoms with Gasteiger partial charge in [0.25, 0.3) is 11.8 Å². The SMILES string of the molecule is Cc1ccc(-c2noc(COc3ccccc3C(=O)NC3CCCC3)n2)cc1F. The summed E-state index contributed by atoms with van der Waals surface area (Å²) in [6, 6.07) is 12.1. The third kappa shape index (κ3) is 4.45. The number of rotatable bonds is 6. The molecule has 1 N–H and O–H groups in total. The molecule has 0 radical (unpaired) electrons. The molecule has 0 atom stereocenters. The zero-order valence-corrected chi connectivity index (χ0v) is 16.2. The van der Waals surface area contributed by atoms with Crippen LogP contribution < -0.4 is 10.1 Å². The molecule has 0 spiro atoms. The average Bonchev–Trinajstić information content (AvgIpc) is 3.41. The van der Waals surface area contributed by atoms with E-state index in [0.29, 0.717) is 22.4 Å². The molecule has 1 saturated carbocycles. The first kappa shape index (κ1) is 19.1. The summed E-state index contributed by atoms with van der Waals surface area (Å²) in [5.74, 6) is 0.507. The number of para-hydroxylation sites is 1. The van der Waals surface area contributed by atoms with Crippen LogP contribution in [0.1, 0.15) is 47.5 Å². The second-order valence-corrected chi connectivity index (χ2v) is 7.22. The summed E-state index contributed by atoms with van der Waals surface area (Å²) in [5, 5.41) is 6.95. The predicted molar refractivity (Wildman–Crippen MR) is 105 cm³/mol. The van der Waals surface area contributed by atoms with E-state index < -0.39 is 0 Å². The first-order valence-electron chi connectivity index (χ1n) is 9.72. The fourth-order valence-electron chi connectivity index (χ4n) is 3.42. The normalized spacial score (nSPS) is 14.1. The Kier molecular flexibility index (Phi) is 5.55. The number of aryl methyl sites for hydroxylation is 1. The molecule has 7 heteroatoms. The Morgan fingerprint density at radius 2 is 2.03 bits per heavy atom. The van der Waals surface area contributed by atoms with E-state index in [1.807, 2.05) is 0 Å². The van der Waals surface area contributed by atoms with E-state index in [1.165, 1.54) is 6.07 Å². The lowest BCUT2D eigenvalue weighted by Crippen LogP contribution is -2.32. The number of carbonyl (C=O) groups is 1. The van der Waals surface area contributed by atoms with Gasteiger partial charge in [-0.05, 0) is 43.5 Å². The van der Waals surface area contributed by atoms with Crippen molar-refractivity contribution in [2.24, 2.45) is 0 Å². The molecule has 0 saturated heterocycles. The maximum absolute atomic E-state index is 13.8. The van der Waals surface area contributed by atoms with Gasteiger partial charge in [0.15, 0.2) is 6.61 Å². The van der Waals surface area contributed by atoms with Crippen molar-refractivity contribution < 1.29 is 18.4 Å². The van der Waals surface area contributed by atoms with Crippen molar-refractivity contribution in [3.8, 4) is 17.1 Å². The minimum absolute atomic E-state index is 0.00899. The van der Waals surface area contributed by atoms with E-state index in [2.05, 4.69) is 15.5 Å². The lowest BCUT2D eigenvalue weighted by molar-refractivity contribution is 0.0932. The van der Waals surface area contributed by atoms with E-state index in [0.717, 1.165) is 25.7 Å². The maximum atomic E-state index is 13.8. The second-order valence-electron chi connectivity index (χ2n) is 7.22. The minimum Gasteiger partial charge on any atom is -0.483 e. The zero-order chi connectivity index (χ0) is 20.2. The standard InChI is InChI=1S/C22H22FN3O3/c1-14-10-11-15(12-18(14)23)21-25-20(29-26-21)13-28-19-9-5-4-8-17(19)22(27)24-16-6-2-3-7-16/h4-5,8-12,16H,2-3,6-7,13H2,1H3,(H,24,27). The molecule has 1 heterocycles. The molecule has 6 nitrogen and oxygen atoms in total. The van der Waals surface area contributed by atoms with Gasteiger partial charge in [0.2, 0.25) is 5.82 Å². The zero-order valence-electron chi connectivity index (χ0n) is 16.2. The van der Waals surface area contributed by atoms with Gasteiger partial charge in [-0.1, -0.05) is 42.3 Å². The smallest absolute Gasteiger partial charge is 0.264 e. The molecule has 0 unspecified atom stereocenters. The Morgan fingerprint density at radius 3 is 2.83 bits per heavy atom. The molecule has 150 valence electrons. The van der Waals surface area contributed by atoms with Crippen molar-refractivity contribution in [3.05, 3.63) is 65.3 Å².